The van der Waals surface area contributed by atoms with E-state index in [9.17, 15) is 4.79 Å². The number of carbonyl (C=O) groups excluding carboxylic acids is 1. The summed E-state index contributed by atoms with van der Waals surface area (Å²) >= 11 is 0. The van der Waals surface area contributed by atoms with E-state index in [1.807, 2.05) is 18.2 Å². The Bertz CT molecular complexity index is 642. The summed E-state index contributed by atoms with van der Waals surface area (Å²) in [5.74, 6) is 3.92. The van der Waals surface area contributed by atoms with Crippen LogP contribution in [0.3, 0.4) is 0 Å². The lowest BCUT2D eigenvalue weighted by Gasteiger charge is -2.25. The Labute approximate surface area is 136 Å². The van der Waals surface area contributed by atoms with Crippen LogP contribution in [0.15, 0.2) is 34.5 Å². The summed E-state index contributed by atoms with van der Waals surface area (Å²) in [7, 11) is 0. The Balaban J connectivity index is 1.38. The number of fused-ring (bicyclic) bond motifs is 1. The van der Waals surface area contributed by atoms with E-state index in [1.165, 1.54) is 5.56 Å². The number of hydrogen-bond acceptors (Lipinski definition) is 4. The Morgan fingerprint density at radius 3 is 3.00 bits per heavy atom. The summed E-state index contributed by atoms with van der Waals surface area (Å²) in [4.78, 5) is 12.0. The van der Waals surface area contributed by atoms with E-state index in [0.717, 1.165) is 18.6 Å². The van der Waals surface area contributed by atoms with Crippen LogP contribution in [0, 0.1) is 18.3 Å². The van der Waals surface area contributed by atoms with Crippen molar-refractivity contribution in [3.05, 3.63) is 29.8 Å². The van der Waals surface area contributed by atoms with Crippen LogP contribution in [0.1, 0.15) is 31.2 Å². The largest absolute Gasteiger partial charge is 0.493 e. The lowest BCUT2D eigenvalue weighted by atomic mass is 9.96. The number of carbonyl (C=O) groups is 1. The zero-order valence-electron chi connectivity index (χ0n) is 13.1. The average molecular weight is 311 g/mol. The second kappa shape index (κ2) is 6.82. The first-order valence-corrected chi connectivity index (χ1v) is 8.06. The first-order valence-electron chi connectivity index (χ1n) is 8.06. The van der Waals surface area contributed by atoms with Gasteiger partial charge in [-0.15, -0.1) is 12.3 Å². The molecule has 0 aromatic heterocycles. The van der Waals surface area contributed by atoms with Crippen LogP contribution in [0.25, 0.3) is 0 Å². The number of terminal acetylenes is 1. The summed E-state index contributed by atoms with van der Waals surface area (Å²) in [5, 5.41) is 11.1. The summed E-state index contributed by atoms with van der Waals surface area (Å²) < 4.78 is 5.74. The quantitative estimate of drug-likeness (QED) is 0.787. The van der Waals surface area contributed by atoms with Crippen LogP contribution in [0.4, 0.5) is 0 Å². The van der Waals surface area contributed by atoms with Gasteiger partial charge in [0.2, 0.25) is 5.91 Å². The number of ether oxygens (including phenoxy) is 1. The molecule has 23 heavy (non-hydrogen) atoms. The van der Waals surface area contributed by atoms with Crippen LogP contribution in [-0.2, 0) is 11.2 Å². The summed E-state index contributed by atoms with van der Waals surface area (Å²) in [6.45, 7) is 1.28. The highest BCUT2D eigenvalue weighted by atomic mass is 16.5. The van der Waals surface area contributed by atoms with Gasteiger partial charge in [-0.25, -0.2) is 0 Å². The van der Waals surface area contributed by atoms with Gasteiger partial charge in [0.1, 0.15) is 5.75 Å². The molecular weight excluding hydrogens is 290 g/mol. The van der Waals surface area contributed by atoms with Gasteiger partial charge < -0.3 is 10.1 Å². The van der Waals surface area contributed by atoms with E-state index in [2.05, 4.69) is 27.5 Å². The predicted molar refractivity (Wildman–Crippen MR) is 87.0 cm³/mol. The molecule has 0 bridgehead atoms. The molecule has 0 radical (unpaired) electrons. The van der Waals surface area contributed by atoms with Crippen LogP contribution in [0.5, 0.6) is 5.75 Å². The molecule has 1 aromatic rings. The first kappa shape index (κ1) is 15.5. The maximum atomic E-state index is 12.0. The van der Waals surface area contributed by atoms with Gasteiger partial charge >= 0.3 is 0 Å². The van der Waals surface area contributed by atoms with Gasteiger partial charge in [0.15, 0.2) is 5.66 Å². The Kier molecular flexibility index (Phi) is 4.61. The smallest absolute Gasteiger partial charge is 0.220 e. The molecule has 1 atom stereocenters. The number of nitrogens with zero attached hydrogens (tertiary/aromatic N) is 2. The van der Waals surface area contributed by atoms with E-state index >= 15 is 0 Å². The fourth-order valence-electron chi connectivity index (χ4n) is 2.85. The number of rotatable bonds is 7. The Morgan fingerprint density at radius 2 is 2.22 bits per heavy atom. The monoisotopic (exact) mass is 311 g/mol. The van der Waals surface area contributed by atoms with Gasteiger partial charge in [-0.2, -0.15) is 10.2 Å². The molecule has 1 N–H and O–H groups in total. The number of amides is 1. The lowest BCUT2D eigenvalue weighted by molar-refractivity contribution is -0.121. The first-order chi connectivity index (χ1) is 11.2. The molecule has 0 spiro atoms. The molecule has 0 fully saturated rings. The van der Waals surface area contributed by atoms with Crippen LogP contribution in [-0.4, -0.2) is 24.7 Å². The number of para-hydroxylation sites is 1. The Morgan fingerprint density at radius 1 is 1.39 bits per heavy atom. The van der Waals surface area contributed by atoms with Crippen molar-refractivity contribution in [1.29, 1.82) is 0 Å². The van der Waals surface area contributed by atoms with Crippen molar-refractivity contribution in [2.45, 2.75) is 37.8 Å². The van der Waals surface area contributed by atoms with Gasteiger partial charge in [0.25, 0.3) is 0 Å². The fourth-order valence-corrected chi connectivity index (χ4v) is 2.85. The molecule has 0 aliphatic carbocycles. The van der Waals surface area contributed by atoms with Crippen LogP contribution < -0.4 is 10.1 Å². The van der Waals surface area contributed by atoms with Gasteiger partial charge in [0.05, 0.1) is 6.61 Å². The molecule has 0 saturated heterocycles. The van der Waals surface area contributed by atoms with Crippen molar-refractivity contribution in [2.75, 3.05) is 13.2 Å². The molecule has 0 saturated carbocycles. The second-order valence-electron chi connectivity index (χ2n) is 6.18. The molecule has 3 rings (SSSR count). The standard InChI is InChI=1S/C18H21N3O2/c1-2-3-9-18(20-21-18)10-8-17(22)19-12-14-11-15-6-4-5-7-16(15)23-13-14/h1,4-7,14H,3,8-13H2,(H,19,22). The van der Waals surface area contributed by atoms with E-state index in [-0.39, 0.29) is 11.6 Å². The van der Waals surface area contributed by atoms with Crippen molar-refractivity contribution in [1.82, 2.24) is 5.32 Å². The van der Waals surface area contributed by atoms with Gasteiger partial charge in [-0.1, -0.05) is 18.2 Å². The summed E-state index contributed by atoms with van der Waals surface area (Å²) in [6.07, 6.45) is 8.66. The van der Waals surface area contributed by atoms with Crippen LogP contribution in [0.2, 0.25) is 0 Å². The number of hydrogen-bond donors (Lipinski definition) is 1. The minimum absolute atomic E-state index is 0.0428. The maximum absolute atomic E-state index is 12.0. The normalized spacial score (nSPS) is 20.0. The lowest BCUT2D eigenvalue weighted by Crippen LogP contribution is -2.35. The molecule has 2 aliphatic heterocycles. The van der Waals surface area contributed by atoms with E-state index in [1.54, 1.807) is 0 Å². The third kappa shape index (κ3) is 4.10. The summed E-state index contributed by atoms with van der Waals surface area (Å²) in [5.41, 5.74) is 0.832. The van der Waals surface area contributed by atoms with E-state index in [0.29, 0.717) is 38.3 Å². The molecule has 2 aliphatic rings. The minimum Gasteiger partial charge on any atom is -0.493 e. The van der Waals surface area contributed by atoms with Gasteiger partial charge in [-0.05, 0) is 18.1 Å². The molecule has 5 nitrogen and oxygen atoms in total. The molecule has 5 heteroatoms. The van der Waals surface area contributed by atoms with E-state index < -0.39 is 0 Å². The van der Waals surface area contributed by atoms with Crippen molar-refractivity contribution in [3.63, 3.8) is 0 Å². The van der Waals surface area contributed by atoms with Crippen molar-refractivity contribution >= 4 is 5.91 Å². The third-order valence-electron chi connectivity index (χ3n) is 4.35. The second-order valence-corrected chi connectivity index (χ2v) is 6.18. The van der Waals surface area contributed by atoms with Gasteiger partial charge in [-0.3, -0.25) is 4.79 Å². The molecule has 2 heterocycles. The third-order valence-corrected chi connectivity index (χ3v) is 4.35. The average Bonchev–Trinajstić information content (AvgIpc) is 3.36. The van der Waals surface area contributed by atoms with Crippen molar-refractivity contribution in [2.24, 2.45) is 16.1 Å². The topological polar surface area (TPSA) is 63.0 Å². The zero-order valence-corrected chi connectivity index (χ0v) is 13.1. The van der Waals surface area contributed by atoms with E-state index in [4.69, 9.17) is 11.2 Å². The minimum atomic E-state index is -0.378. The van der Waals surface area contributed by atoms with Crippen molar-refractivity contribution in [3.8, 4) is 18.1 Å². The van der Waals surface area contributed by atoms with Gasteiger partial charge in [0, 0.05) is 38.1 Å². The molecule has 1 unspecified atom stereocenters. The molecular formula is C18H21N3O2. The molecule has 120 valence electrons. The molecule has 1 amide bonds. The fraction of sp³-hybridized carbons (Fsp3) is 0.500. The summed E-state index contributed by atoms with van der Waals surface area (Å²) in [6, 6.07) is 8.06. The maximum Gasteiger partial charge on any atom is 0.220 e. The predicted octanol–water partition coefficient (Wildman–Crippen LogP) is 2.71. The SMILES string of the molecule is C#CCCC1(CCC(=O)NCC2COc3ccccc3C2)N=N1. The Hall–Kier alpha value is -2.35. The number of nitrogens with one attached hydrogen (secondary N) is 1. The highest BCUT2D eigenvalue weighted by Crippen LogP contribution is 2.37. The highest BCUT2D eigenvalue weighted by Gasteiger charge is 2.39. The molecule has 1 aromatic carbocycles. The zero-order chi connectivity index (χ0) is 16.1. The van der Waals surface area contributed by atoms with Crippen molar-refractivity contribution < 1.29 is 9.53 Å². The number of benzene rings is 1. The van der Waals surface area contributed by atoms with Crippen LogP contribution >= 0.6 is 0 Å². The highest BCUT2D eigenvalue weighted by molar-refractivity contribution is 5.76.